The van der Waals surface area contributed by atoms with Crippen molar-refractivity contribution in [3.05, 3.63) is 101 Å². The molecule has 3 aromatic rings. The van der Waals surface area contributed by atoms with E-state index in [4.69, 9.17) is 9.47 Å². The van der Waals surface area contributed by atoms with Crippen LogP contribution in [0.15, 0.2) is 89.8 Å². The molecule has 0 unspecified atom stereocenters. The lowest BCUT2D eigenvalue weighted by atomic mass is 10.2. The number of rotatable bonds is 8. The van der Waals surface area contributed by atoms with Gasteiger partial charge in [0.05, 0.1) is 11.4 Å². The minimum atomic E-state index is -0.276. The molecule has 1 aliphatic heterocycles. The fraction of sp³-hybridized carbons (Fsp3) is 0.120. The predicted octanol–water partition coefficient (Wildman–Crippen LogP) is 5.38. The highest BCUT2D eigenvalue weighted by atomic mass is 32.2. The Kier molecular flexibility index (Phi) is 6.69. The van der Waals surface area contributed by atoms with E-state index in [-0.39, 0.29) is 17.7 Å². The normalized spacial score (nSPS) is 14.8. The van der Waals surface area contributed by atoms with Crippen LogP contribution < -0.4 is 9.47 Å². The maximum absolute atomic E-state index is 12.7. The molecule has 156 valence electrons. The number of hydrogen-bond donors (Lipinski definition) is 0. The van der Waals surface area contributed by atoms with Gasteiger partial charge in [-0.2, -0.15) is 0 Å². The summed E-state index contributed by atoms with van der Waals surface area (Å²) in [5.74, 6) is 1.20. The number of amides is 2. The maximum atomic E-state index is 12.7. The van der Waals surface area contributed by atoms with Crippen molar-refractivity contribution in [2.45, 2.75) is 6.54 Å². The number of hydrogen-bond acceptors (Lipinski definition) is 5. The Morgan fingerprint density at radius 2 is 1.42 bits per heavy atom. The Morgan fingerprint density at radius 1 is 0.774 bits per heavy atom. The fourth-order valence-electron chi connectivity index (χ4n) is 3.08. The molecular formula is C25H21NO4S. The molecule has 31 heavy (non-hydrogen) atoms. The molecule has 1 fully saturated rings. The second-order valence-electron chi connectivity index (χ2n) is 6.84. The van der Waals surface area contributed by atoms with E-state index in [0.29, 0.717) is 23.9 Å². The molecule has 0 N–H and O–H groups in total. The van der Waals surface area contributed by atoms with Crippen molar-refractivity contribution in [3.8, 4) is 11.5 Å². The molecular weight excluding hydrogens is 410 g/mol. The molecule has 1 heterocycles. The van der Waals surface area contributed by atoms with Crippen molar-refractivity contribution in [1.29, 1.82) is 0 Å². The largest absolute Gasteiger partial charge is 0.490 e. The molecule has 3 aromatic carbocycles. The number of thioether (sulfide) groups is 1. The third-order valence-electron chi connectivity index (χ3n) is 4.58. The van der Waals surface area contributed by atoms with Crippen LogP contribution in [-0.4, -0.2) is 29.3 Å². The van der Waals surface area contributed by atoms with Gasteiger partial charge < -0.3 is 9.47 Å². The summed E-state index contributed by atoms with van der Waals surface area (Å²) in [6.07, 6.45) is 1.73. The zero-order valence-electron chi connectivity index (χ0n) is 16.8. The predicted molar refractivity (Wildman–Crippen MR) is 122 cm³/mol. The smallest absolute Gasteiger partial charge is 0.293 e. The lowest BCUT2D eigenvalue weighted by molar-refractivity contribution is -0.123. The van der Waals surface area contributed by atoms with Crippen molar-refractivity contribution < 1.29 is 19.1 Å². The summed E-state index contributed by atoms with van der Waals surface area (Å²) < 4.78 is 11.4. The number of imide groups is 1. The highest BCUT2D eigenvalue weighted by Gasteiger charge is 2.34. The Hall–Kier alpha value is -3.51. The summed E-state index contributed by atoms with van der Waals surface area (Å²) in [7, 11) is 0. The lowest BCUT2D eigenvalue weighted by Gasteiger charge is -2.12. The van der Waals surface area contributed by atoms with E-state index in [1.807, 2.05) is 84.9 Å². The summed E-state index contributed by atoms with van der Waals surface area (Å²) >= 11 is 0.959. The van der Waals surface area contributed by atoms with E-state index in [0.717, 1.165) is 28.6 Å². The SMILES string of the molecule is O=C1S/C(=C\c2cccc(OCCOc3ccccc3)c2)C(=O)N1Cc1ccccc1. The molecule has 0 spiro atoms. The molecule has 0 aliphatic carbocycles. The van der Waals surface area contributed by atoms with Crippen LogP contribution in [0.25, 0.3) is 6.08 Å². The third-order valence-corrected chi connectivity index (χ3v) is 5.48. The van der Waals surface area contributed by atoms with Gasteiger partial charge in [0.2, 0.25) is 0 Å². The Morgan fingerprint density at radius 3 is 2.16 bits per heavy atom. The van der Waals surface area contributed by atoms with Gasteiger partial charge >= 0.3 is 0 Å². The fourth-order valence-corrected chi connectivity index (χ4v) is 3.92. The molecule has 0 bridgehead atoms. The Balaban J connectivity index is 1.36. The van der Waals surface area contributed by atoms with Crippen LogP contribution in [0.5, 0.6) is 11.5 Å². The van der Waals surface area contributed by atoms with Gasteiger partial charge in [0.25, 0.3) is 11.1 Å². The zero-order chi connectivity index (χ0) is 21.5. The minimum Gasteiger partial charge on any atom is -0.490 e. The highest BCUT2D eigenvalue weighted by molar-refractivity contribution is 8.18. The molecule has 2 amide bonds. The van der Waals surface area contributed by atoms with Gasteiger partial charge in [-0.05, 0) is 53.2 Å². The minimum absolute atomic E-state index is 0.259. The molecule has 0 aromatic heterocycles. The van der Waals surface area contributed by atoms with Crippen molar-refractivity contribution in [3.63, 3.8) is 0 Å². The standard InChI is InChI=1S/C25H21NO4S/c27-24-23(31-25(28)26(24)18-19-8-3-1-4-9-19)17-20-10-7-13-22(16-20)30-15-14-29-21-11-5-2-6-12-21/h1-13,16-17H,14-15,18H2/b23-17-. The van der Waals surface area contributed by atoms with Crippen molar-refractivity contribution in [2.75, 3.05) is 13.2 Å². The van der Waals surface area contributed by atoms with Gasteiger partial charge in [-0.3, -0.25) is 14.5 Å². The monoisotopic (exact) mass is 431 g/mol. The zero-order valence-corrected chi connectivity index (χ0v) is 17.6. The summed E-state index contributed by atoms with van der Waals surface area (Å²) in [6, 6.07) is 26.5. The van der Waals surface area contributed by atoms with Crippen LogP contribution >= 0.6 is 11.8 Å². The number of benzene rings is 3. The first-order valence-electron chi connectivity index (χ1n) is 9.89. The van der Waals surface area contributed by atoms with Crippen LogP contribution in [0.4, 0.5) is 4.79 Å². The molecule has 0 saturated carbocycles. The van der Waals surface area contributed by atoms with Crippen LogP contribution in [0, 0.1) is 0 Å². The van der Waals surface area contributed by atoms with Gasteiger partial charge in [0.15, 0.2) is 0 Å². The molecule has 0 atom stereocenters. The van der Waals surface area contributed by atoms with E-state index in [1.54, 1.807) is 6.08 Å². The molecule has 0 radical (unpaired) electrons. The first-order valence-corrected chi connectivity index (χ1v) is 10.7. The second kappa shape index (κ2) is 10.00. The number of carbonyl (C=O) groups excluding carboxylic acids is 2. The Labute approximate surface area is 185 Å². The molecule has 4 rings (SSSR count). The van der Waals surface area contributed by atoms with Crippen LogP contribution in [0.2, 0.25) is 0 Å². The van der Waals surface area contributed by atoms with Crippen LogP contribution in [-0.2, 0) is 11.3 Å². The summed E-state index contributed by atoms with van der Waals surface area (Å²) in [5, 5.41) is -0.259. The molecule has 1 saturated heterocycles. The van der Waals surface area contributed by atoms with Gasteiger partial charge in [-0.1, -0.05) is 60.7 Å². The summed E-state index contributed by atoms with van der Waals surface area (Å²) in [6.45, 7) is 1.09. The first-order chi connectivity index (χ1) is 15.2. The van der Waals surface area contributed by atoms with E-state index < -0.39 is 0 Å². The first kappa shape index (κ1) is 20.8. The number of para-hydroxylation sites is 1. The van der Waals surface area contributed by atoms with Gasteiger partial charge in [-0.25, -0.2) is 0 Å². The summed E-state index contributed by atoms with van der Waals surface area (Å²) in [5.41, 5.74) is 1.71. The van der Waals surface area contributed by atoms with E-state index in [1.165, 1.54) is 4.90 Å². The molecule has 1 aliphatic rings. The third kappa shape index (κ3) is 5.55. The topological polar surface area (TPSA) is 55.8 Å². The second-order valence-corrected chi connectivity index (χ2v) is 7.83. The maximum Gasteiger partial charge on any atom is 0.293 e. The molecule has 5 nitrogen and oxygen atoms in total. The van der Waals surface area contributed by atoms with E-state index in [2.05, 4.69) is 0 Å². The number of carbonyl (C=O) groups is 2. The molecule has 6 heteroatoms. The van der Waals surface area contributed by atoms with Crippen LogP contribution in [0.1, 0.15) is 11.1 Å². The van der Waals surface area contributed by atoms with Crippen molar-refractivity contribution in [2.24, 2.45) is 0 Å². The van der Waals surface area contributed by atoms with E-state index >= 15 is 0 Å². The van der Waals surface area contributed by atoms with Crippen molar-refractivity contribution >= 4 is 29.0 Å². The summed E-state index contributed by atoms with van der Waals surface area (Å²) in [4.78, 5) is 26.7. The average Bonchev–Trinajstić information content (AvgIpc) is 3.06. The van der Waals surface area contributed by atoms with E-state index in [9.17, 15) is 9.59 Å². The average molecular weight is 432 g/mol. The lowest BCUT2D eigenvalue weighted by Crippen LogP contribution is -2.27. The number of nitrogens with zero attached hydrogens (tertiary/aromatic N) is 1. The van der Waals surface area contributed by atoms with Gasteiger partial charge in [0.1, 0.15) is 24.7 Å². The van der Waals surface area contributed by atoms with Crippen molar-refractivity contribution in [1.82, 2.24) is 4.90 Å². The Bertz CT molecular complexity index is 1080. The van der Waals surface area contributed by atoms with Gasteiger partial charge in [0, 0.05) is 0 Å². The highest BCUT2D eigenvalue weighted by Crippen LogP contribution is 2.33. The van der Waals surface area contributed by atoms with Crippen LogP contribution in [0.3, 0.4) is 0 Å². The van der Waals surface area contributed by atoms with Gasteiger partial charge in [-0.15, -0.1) is 0 Å². The number of ether oxygens (including phenoxy) is 2. The quantitative estimate of drug-likeness (QED) is 0.354.